The van der Waals surface area contributed by atoms with E-state index in [2.05, 4.69) is 15.1 Å². The number of nitrogens with zero attached hydrogens (tertiary/aromatic N) is 2. The number of rotatable bonds is 1. The molecule has 0 unspecified atom stereocenters. The fraction of sp³-hybridized carbons (Fsp3) is 0.667. The minimum atomic E-state index is -0.332. The first kappa shape index (κ1) is 12.0. The molecule has 0 radical (unpaired) electrons. The number of ether oxygens (including phenoxy) is 1. The average molecular weight is 270 g/mol. The molecule has 2 fully saturated rings. The first-order chi connectivity index (χ1) is 8.70. The summed E-state index contributed by atoms with van der Waals surface area (Å²) in [6, 6.07) is 0. The maximum atomic E-state index is 11.5. The fourth-order valence-corrected chi connectivity index (χ4v) is 3.18. The van der Waals surface area contributed by atoms with E-state index in [4.69, 9.17) is 16.3 Å². The molecular formula is C12H16ClN3O2. The number of hydrogen-bond acceptors (Lipinski definition) is 4. The van der Waals surface area contributed by atoms with Crippen LogP contribution < -0.4 is 10.5 Å². The van der Waals surface area contributed by atoms with E-state index >= 15 is 0 Å². The molecule has 1 saturated heterocycles. The maximum Gasteiger partial charge on any atom is 0.285 e. The zero-order valence-electron chi connectivity index (χ0n) is 10.1. The van der Waals surface area contributed by atoms with Crippen molar-refractivity contribution in [3.05, 3.63) is 21.6 Å². The molecule has 2 heterocycles. The summed E-state index contributed by atoms with van der Waals surface area (Å²) in [4.78, 5) is 13.6. The molecule has 6 heteroatoms. The second kappa shape index (κ2) is 4.55. The third-order valence-electron chi connectivity index (χ3n) is 3.88. The van der Waals surface area contributed by atoms with Crippen LogP contribution in [0.5, 0.6) is 0 Å². The molecule has 0 atom stereocenters. The SMILES string of the molecule is O=c1[nH]ncc(N2CCOC3(CCCC3)C2)c1Cl. The summed E-state index contributed by atoms with van der Waals surface area (Å²) in [6.07, 6.45) is 6.25. The van der Waals surface area contributed by atoms with Crippen molar-refractivity contribution < 1.29 is 4.74 Å². The number of anilines is 1. The Hall–Kier alpha value is -1.07. The van der Waals surface area contributed by atoms with Crippen molar-refractivity contribution in [1.29, 1.82) is 0 Å². The van der Waals surface area contributed by atoms with Gasteiger partial charge in [-0.25, -0.2) is 5.10 Å². The highest BCUT2D eigenvalue weighted by molar-refractivity contribution is 6.33. The smallest absolute Gasteiger partial charge is 0.285 e. The molecule has 18 heavy (non-hydrogen) atoms. The van der Waals surface area contributed by atoms with Gasteiger partial charge in [0, 0.05) is 13.1 Å². The highest BCUT2D eigenvalue weighted by atomic mass is 35.5. The Morgan fingerprint density at radius 1 is 1.44 bits per heavy atom. The van der Waals surface area contributed by atoms with Crippen LogP contribution in [0.15, 0.2) is 11.0 Å². The van der Waals surface area contributed by atoms with Gasteiger partial charge in [0.15, 0.2) is 0 Å². The monoisotopic (exact) mass is 269 g/mol. The van der Waals surface area contributed by atoms with Crippen LogP contribution in [0.1, 0.15) is 25.7 Å². The van der Waals surface area contributed by atoms with E-state index in [-0.39, 0.29) is 16.2 Å². The van der Waals surface area contributed by atoms with E-state index < -0.39 is 0 Å². The molecule has 1 aliphatic heterocycles. The van der Waals surface area contributed by atoms with E-state index in [1.165, 1.54) is 12.8 Å². The molecular weight excluding hydrogens is 254 g/mol. The van der Waals surface area contributed by atoms with Gasteiger partial charge in [0.25, 0.3) is 5.56 Å². The zero-order chi connectivity index (χ0) is 12.6. The maximum absolute atomic E-state index is 11.5. The Labute approximate surface area is 110 Å². The highest BCUT2D eigenvalue weighted by Crippen LogP contribution is 2.37. The number of nitrogens with one attached hydrogen (secondary N) is 1. The Bertz CT molecular complexity index is 496. The number of halogens is 1. The summed E-state index contributed by atoms with van der Waals surface area (Å²) in [7, 11) is 0. The Morgan fingerprint density at radius 3 is 3.00 bits per heavy atom. The van der Waals surface area contributed by atoms with Gasteiger partial charge >= 0.3 is 0 Å². The molecule has 1 N–H and O–H groups in total. The van der Waals surface area contributed by atoms with Crippen molar-refractivity contribution in [2.24, 2.45) is 0 Å². The molecule has 1 spiro atoms. The molecule has 1 saturated carbocycles. The topological polar surface area (TPSA) is 58.2 Å². The van der Waals surface area contributed by atoms with Crippen molar-refractivity contribution >= 4 is 17.3 Å². The molecule has 98 valence electrons. The third kappa shape index (κ3) is 2.01. The molecule has 2 aliphatic rings. The predicted molar refractivity (Wildman–Crippen MR) is 69.2 cm³/mol. The fourth-order valence-electron chi connectivity index (χ4n) is 2.97. The van der Waals surface area contributed by atoms with Crippen LogP contribution in [0.3, 0.4) is 0 Å². The molecule has 0 aromatic carbocycles. The molecule has 0 amide bonds. The standard InChI is InChI=1S/C12H16ClN3O2/c13-10-9(7-14-15-11(10)17)16-5-6-18-12(8-16)3-1-2-4-12/h7H,1-6,8H2,(H,15,17). The molecule has 0 bridgehead atoms. The largest absolute Gasteiger partial charge is 0.371 e. The number of aromatic nitrogens is 2. The van der Waals surface area contributed by atoms with E-state index in [1.807, 2.05) is 0 Å². The summed E-state index contributed by atoms with van der Waals surface area (Å²) in [5.74, 6) is 0. The van der Waals surface area contributed by atoms with E-state index in [9.17, 15) is 4.79 Å². The van der Waals surface area contributed by atoms with Gasteiger partial charge in [0.2, 0.25) is 0 Å². The number of aromatic amines is 1. The van der Waals surface area contributed by atoms with Gasteiger partial charge in [0.05, 0.1) is 24.1 Å². The highest BCUT2D eigenvalue weighted by Gasteiger charge is 2.39. The Kier molecular flexibility index (Phi) is 3.03. The van der Waals surface area contributed by atoms with E-state index in [1.54, 1.807) is 6.20 Å². The molecule has 1 aromatic rings. The first-order valence-corrected chi connectivity index (χ1v) is 6.70. The van der Waals surface area contributed by atoms with Gasteiger partial charge in [-0.1, -0.05) is 24.4 Å². The summed E-state index contributed by atoms with van der Waals surface area (Å²) in [6.45, 7) is 2.24. The molecule has 3 rings (SSSR count). The Morgan fingerprint density at radius 2 is 2.22 bits per heavy atom. The second-order valence-electron chi connectivity index (χ2n) is 5.06. The second-order valence-corrected chi connectivity index (χ2v) is 5.44. The van der Waals surface area contributed by atoms with Gasteiger partial charge < -0.3 is 9.64 Å². The lowest BCUT2D eigenvalue weighted by Crippen LogP contribution is -2.50. The van der Waals surface area contributed by atoms with Crippen LogP contribution in [-0.2, 0) is 4.74 Å². The summed E-state index contributed by atoms with van der Waals surface area (Å²) < 4.78 is 5.96. The summed E-state index contributed by atoms with van der Waals surface area (Å²) in [5.41, 5.74) is 0.348. The third-order valence-corrected chi connectivity index (χ3v) is 4.25. The van der Waals surface area contributed by atoms with Crippen molar-refractivity contribution in [1.82, 2.24) is 10.2 Å². The summed E-state index contributed by atoms with van der Waals surface area (Å²) >= 11 is 6.06. The van der Waals surface area contributed by atoms with Crippen molar-refractivity contribution in [2.45, 2.75) is 31.3 Å². The minimum absolute atomic E-state index is 0.0375. The molecule has 1 aromatic heterocycles. The van der Waals surface area contributed by atoms with E-state index in [0.29, 0.717) is 6.61 Å². The van der Waals surface area contributed by atoms with Crippen LogP contribution in [-0.4, -0.2) is 35.5 Å². The lowest BCUT2D eigenvalue weighted by atomic mass is 9.99. The van der Waals surface area contributed by atoms with Crippen molar-refractivity contribution in [3.8, 4) is 0 Å². The molecule has 1 aliphatic carbocycles. The lowest BCUT2D eigenvalue weighted by Gasteiger charge is -2.41. The minimum Gasteiger partial charge on any atom is -0.371 e. The molecule has 5 nitrogen and oxygen atoms in total. The quantitative estimate of drug-likeness (QED) is 0.841. The van der Waals surface area contributed by atoms with Crippen molar-refractivity contribution in [3.63, 3.8) is 0 Å². The van der Waals surface area contributed by atoms with Crippen LogP contribution in [0.25, 0.3) is 0 Å². The van der Waals surface area contributed by atoms with Gasteiger partial charge in [-0.15, -0.1) is 0 Å². The predicted octanol–water partition coefficient (Wildman–Crippen LogP) is 1.57. The number of H-pyrrole nitrogens is 1. The number of morpholine rings is 1. The summed E-state index contributed by atoms with van der Waals surface area (Å²) in [5, 5.41) is 6.40. The first-order valence-electron chi connectivity index (χ1n) is 6.32. The van der Waals surface area contributed by atoms with Crippen LogP contribution >= 0.6 is 11.6 Å². The van der Waals surface area contributed by atoms with Gasteiger partial charge in [-0.3, -0.25) is 4.79 Å². The van der Waals surface area contributed by atoms with Crippen LogP contribution in [0.4, 0.5) is 5.69 Å². The van der Waals surface area contributed by atoms with Gasteiger partial charge in [-0.2, -0.15) is 5.10 Å². The van der Waals surface area contributed by atoms with Crippen molar-refractivity contribution in [2.75, 3.05) is 24.6 Å². The average Bonchev–Trinajstić information content (AvgIpc) is 2.81. The normalized spacial score (nSPS) is 22.6. The van der Waals surface area contributed by atoms with Crippen LogP contribution in [0.2, 0.25) is 5.02 Å². The zero-order valence-corrected chi connectivity index (χ0v) is 10.9. The lowest BCUT2D eigenvalue weighted by molar-refractivity contribution is -0.0501. The van der Waals surface area contributed by atoms with Gasteiger partial charge in [-0.05, 0) is 12.8 Å². The van der Waals surface area contributed by atoms with Crippen LogP contribution in [0, 0.1) is 0 Å². The van der Waals surface area contributed by atoms with E-state index in [0.717, 1.165) is 31.6 Å². The Balaban J connectivity index is 1.88. The van der Waals surface area contributed by atoms with Gasteiger partial charge in [0.1, 0.15) is 5.02 Å². The number of hydrogen-bond donors (Lipinski definition) is 1.